The lowest BCUT2D eigenvalue weighted by Crippen LogP contribution is -2.38. The predicted octanol–water partition coefficient (Wildman–Crippen LogP) is 2.60. The van der Waals surface area contributed by atoms with Crippen molar-refractivity contribution in [2.45, 2.75) is 32.6 Å². The van der Waals surface area contributed by atoms with Crippen LogP contribution in [0.4, 0.5) is 0 Å². The lowest BCUT2D eigenvalue weighted by molar-refractivity contribution is -0.126. The minimum Gasteiger partial charge on any atom is -0.350 e. The Kier molecular flexibility index (Phi) is 5.28. The number of hydrogen-bond donors (Lipinski definition) is 2. The molecule has 2 N–H and O–H groups in total. The van der Waals surface area contributed by atoms with Gasteiger partial charge in [0.25, 0.3) is 0 Å². The average Bonchev–Trinajstić information content (AvgIpc) is 3.08. The van der Waals surface area contributed by atoms with Gasteiger partial charge in [0.2, 0.25) is 5.91 Å². The van der Waals surface area contributed by atoms with Crippen molar-refractivity contribution < 1.29 is 4.79 Å². The quantitative estimate of drug-likeness (QED) is 0.859. The SMILES string of the molecule is CCN(C)C(C(=O)NCc1ccc2c(c1)CNC2)c1ccccc1. The summed E-state index contributed by atoms with van der Waals surface area (Å²) in [5.41, 5.74) is 4.87. The molecule has 1 atom stereocenters. The molecule has 1 heterocycles. The van der Waals surface area contributed by atoms with E-state index in [0.29, 0.717) is 6.54 Å². The van der Waals surface area contributed by atoms with Crippen molar-refractivity contribution in [2.24, 2.45) is 0 Å². The summed E-state index contributed by atoms with van der Waals surface area (Å²) in [5, 5.41) is 6.45. The monoisotopic (exact) mass is 323 g/mol. The molecule has 1 amide bonds. The summed E-state index contributed by atoms with van der Waals surface area (Å²) in [6.45, 7) is 5.31. The fourth-order valence-electron chi connectivity index (χ4n) is 3.17. The van der Waals surface area contributed by atoms with Crippen LogP contribution >= 0.6 is 0 Å². The first-order valence-electron chi connectivity index (χ1n) is 8.53. The van der Waals surface area contributed by atoms with E-state index in [-0.39, 0.29) is 11.9 Å². The van der Waals surface area contributed by atoms with Gasteiger partial charge in [-0.05, 0) is 35.8 Å². The van der Waals surface area contributed by atoms with Crippen LogP contribution in [-0.2, 0) is 24.4 Å². The number of fused-ring (bicyclic) bond motifs is 1. The van der Waals surface area contributed by atoms with E-state index < -0.39 is 0 Å². The van der Waals surface area contributed by atoms with Crippen LogP contribution in [0, 0.1) is 0 Å². The molecule has 126 valence electrons. The van der Waals surface area contributed by atoms with Crippen molar-refractivity contribution in [3.63, 3.8) is 0 Å². The molecule has 4 heteroatoms. The lowest BCUT2D eigenvalue weighted by atomic mass is 10.0. The molecule has 1 aliphatic heterocycles. The Labute approximate surface area is 143 Å². The highest BCUT2D eigenvalue weighted by atomic mass is 16.2. The zero-order chi connectivity index (χ0) is 16.9. The van der Waals surface area contributed by atoms with Crippen LogP contribution in [0.15, 0.2) is 48.5 Å². The number of nitrogens with one attached hydrogen (secondary N) is 2. The number of rotatable bonds is 6. The number of amides is 1. The molecule has 2 aromatic carbocycles. The molecule has 4 nitrogen and oxygen atoms in total. The summed E-state index contributed by atoms with van der Waals surface area (Å²) in [6.07, 6.45) is 0. The Bertz CT molecular complexity index is 699. The number of carbonyl (C=O) groups excluding carboxylic acids is 1. The summed E-state index contributed by atoms with van der Waals surface area (Å²) < 4.78 is 0. The zero-order valence-corrected chi connectivity index (χ0v) is 14.4. The van der Waals surface area contributed by atoms with Crippen molar-refractivity contribution in [3.05, 3.63) is 70.8 Å². The third-order valence-electron chi connectivity index (χ3n) is 4.67. The predicted molar refractivity (Wildman–Crippen MR) is 96.3 cm³/mol. The van der Waals surface area contributed by atoms with Gasteiger partial charge in [-0.25, -0.2) is 0 Å². The fraction of sp³-hybridized carbons (Fsp3) is 0.350. The molecule has 1 unspecified atom stereocenters. The summed E-state index contributed by atoms with van der Waals surface area (Å²) in [6, 6.07) is 16.2. The zero-order valence-electron chi connectivity index (χ0n) is 14.4. The van der Waals surface area contributed by atoms with Gasteiger partial charge in [0.1, 0.15) is 6.04 Å². The molecule has 0 spiro atoms. The van der Waals surface area contributed by atoms with Crippen LogP contribution in [0.25, 0.3) is 0 Å². The molecular formula is C20H25N3O. The van der Waals surface area contributed by atoms with Gasteiger partial charge in [0, 0.05) is 19.6 Å². The second-order valence-corrected chi connectivity index (χ2v) is 6.31. The van der Waals surface area contributed by atoms with Gasteiger partial charge in [-0.1, -0.05) is 55.5 Å². The highest BCUT2D eigenvalue weighted by Crippen LogP contribution is 2.20. The van der Waals surface area contributed by atoms with E-state index in [1.165, 1.54) is 11.1 Å². The standard InChI is InChI=1S/C20H25N3O/c1-3-23(2)19(16-7-5-4-6-8-16)20(24)22-12-15-9-10-17-13-21-14-18(17)11-15/h4-11,19,21H,3,12-14H2,1-2H3,(H,22,24). The molecule has 0 saturated heterocycles. The Morgan fingerprint density at radius 3 is 2.67 bits per heavy atom. The van der Waals surface area contributed by atoms with Gasteiger partial charge in [-0.3, -0.25) is 9.69 Å². The number of likely N-dealkylation sites (N-methyl/N-ethyl adjacent to an activating group) is 1. The van der Waals surface area contributed by atoms with Crippen molar-refractivity contribution in [3.8, 4) is 0 Å². The molecule has 2 aromatic rings. The maximum Gasteiger partial charge on any atom is 0.242 e. The number of benzene rings is 2. The van der Waals surface area contributed by atoms with Crippen molar-refractivity contribution >= 4 is 5.91 Å². The minimum absolute atomic E-state index is 0.0455. The Balaban J connectivity index is 1.69. The molecule has 0 radical (unpaired) electrons. The topological polar surface area (TPSA) is 44.4 Å². The van der Waals surface area contributed by atoms with Gasteiger partial charge in [-0.15, -0.1) is 0 Å². The van der Waals surface area contributed by atoms with Crippen molar-refractivity contribution in [1.29, 1.82) is 0 Å². The lowest BCUT2D eigenvalue weighted by Gasteiger charge is -2.26. The summed E-state index contributed by atoms with van der Waals surface area (Å²) in [5.74, 6) is 0.0455. The molecule has 0 saturated carbocycles. The molecule has 24 heavy (non-hydrogen) atoms. The molecular weight excluding hydrogens is 298 g/mol. The fourth-order valence-corrected chi connectivity index (χ4v) is 3.17. The van der Waals surface area contributed by atoms with E-state index in [0.717, 1.165) is 30.8 Å². The summed E-state index contributed by atoms with van der Waals surface area (Å²) >= 11 is 0. The van der Waals surface area contributed by atoms with E-state index in [9.17, 15) is 4.79 Å². The normalized spacial score (nSPS) is 14.5. The second kappa shape index (κ2) is 7.60. The highest BCUT2D eigenvalue weighted by molar-refractivity contribution is 5.83. The molecule has 3 rings (SSSR count). The van der Waals surface area contributed by atoms with E-state index in [1.807, 2.05) is 37.4 Å². The first-order chi connectivity index (χ1) is 11.7. The Hall–Kier alpha value is -2.17. The smallest absolute Gasteiger partial charge is 0.242 e. The van der Waals surface area contributed by atoms with E-state index in [1.54, 1.807) is 0 Å². The van der Waals surface area contributed by atoms with Gasteiger partial charge in [0.15, 0.2) is 0 Å². The second-order valence-electron chi connectivity index (χ2n) is 6.31. The molecule has 0 aliphatic carbocycles. The molecule has 0 bridgehead atoms. The van der Waals surface area contributed by atoms with E-state index in [2.05, 4.69) is 40.7 Å². The van der Waals surface area contributed by atoms with Crippen molar-refractivity contribution in [2.75, 3.05) is 13.6 Å². The minimum atomic E-state index is -0.257. The first-order valence-corrected chi connectivity index (χ1v) is 8.53. The third kappa shape index (κ3) is 3.66. The third-order valence-corrected chi connectivity index (χ3v) is 4.67. The summed E-state index contributed by atoms with van der Waals surface area (Å²) in [4.78, 5) is 14.9. The maximum absolute atomic E-state index is 12.8. The van der Waals surface area contributed by atoms with Crippen LogP contribution in [0.1, 0.15) is 35.2 Å². The van der Waals surface area contributed by atoms with Crippen LogP contribution in [0.3, 0.4) is 0 Å². The molecule has 1 aliphatic rings. The highest BCUT2D eigenvalue weighted by Gasteiger charge is 2.23. The van der Waals surface area contributed by atoms with Gasteiger partial charge in [0.05, 0.1) is 0 Å². The molecule has 0 fully saturated rings. The largest absolute Gasteiger partial charge is 0.350 e. The first kappa shape index (κ1) is 16.7. The van der Waals surface area contributed by atoms with Gasteiger partial charge < -0.3 is 10.6 Å². The average molecular weight is 323 g/mol. The van der Waals surface area contributed by atoms with E-state index >= 15 is 0 Å². The van der Waals surface area contributed by atoms with Crippen LogP contribution in [-0.4, -0.2) is 24.4 Å². The summed E-state index contributed by atoms with van der Waals surface area (Å²) in [7, 11) is 1.98. The van der Waals surface area contributed by atoms with Crippen LogP contribution in [0.2, 0.25) is 0 Å². The number of nitrogens with zero attached hydrogens (tertiary/aromatic N) is 1. The van der Waals surface area contributed by atoms with Crippen LogP contribution in [0.5, 0.6) is 0 Å². The van der Waals surface area contributed by atoms with Gasteiger partial charge >= 0.3 is 0 Å². The Morgan fingerprint density at radius 2 is 1.92 bits per heavy atom. The van der Waals surface area contributed by atoms with E-state index in [4.69, 9.17) is 0 Å². The Morgan fingerprint density at radius 1 is 1.17 bits per heavy atom. The van der Waals surface area contributed by atoms with Crippen LogP contribution < -0.4 is 10.6 Å². The molecule has 0 aromatic heterocycles. The van der Waals surface area contributed by atoms with Gasteiger partial charge in [-0.2, -0.15) is 0 Å². The number of hydrogen-bond acceptors (Lipinski definition) is 3. The maximum atomic E-state index is 12.8. The van der Waals surface area contributed by atoms with Crippen molar-refractivity contribution in [1.82, 2.24) is 15.5 Å². The number of carbonyl (C=O) groups is 1.